The first-order valence-corrected chi connectivity index (χ1v) is 6.87. The average Bonchev–Trinajstić information content (AvgIpc) is 2.98. The van der Waals surface area contributed by atoms with Crippen molar-refractivity contribution in [3.05, 3.63) is 18.2 Å². The highest BCUT2D eigenvalue weighted by Gasteiger charge is 2.17. The number of hydrogen-bond donors (Lipinski definition) is 1. The molecule has 0 radical (unpaired) electrons. The minimum atomic E-state index is 0.793. The van der Waals surface area contributed by atoms with Gasteiger partial charge in [0.2, 0.25) is 0 Å². The van der Waals surface area contributed by atoms with E-state index in [0.29, 0.717) is 0 Å². The molecule has 3 rings (SSSR count). The monoisotopic (exact) mass is 234 g/mol. The fraction of sp³-hybridized carbons (Fsp3) is 0.769. The van der Waals surface area contributed by atoms with Gasteiger partial charge >= 0.3 is 0 Å². The predicted molar refractivity (Wildman–Crippen MR) is 67.8 cm³/mol. The topological polar surface area (TPSA) is 33.1 Å². The lowest BCUT2D eigenvalue weighted by molar-refractivity contribution is 0.211. The summed E-state index contributed by atoms with van der Waals surface area (Å²) in [4.78, 5) is 6.94. The summed E-state index contributed by atoms with van der Waals surface area (Å²) in [6, 6.07) is 0.793. The number of nitrogens with one attached hydrogen (secondary N) is 1. The molecule has 94 valence electrons. The summed E-state index contributed by atoms with van der Waals surface area (Å²) in [6.45, 7) is 5.78. The first-order chi connectivity index (χ1) is 8.42. The Hall–Kier alpha value is -0.870. The van der Waals surface area contributed by atoms with E-state index in [-0.39, 0.29) is 0 Å². The van der Waals surface area contributed by atoms with Gasteiger partial charge in [0.15, 0.2) is 0 Å². The van der Waals surface area contributed by atoms with Crippen molar-refractivity contribution in [3.8, 4) is 0 Å². The molecule has 0 saturated carbocycles. The number of rotatable bonds is 4. The quantitative estimate of drug-likeness (QED) is 0.850. The van der Waals surface area contributed by atoms with Gasteiger partial charge in [0.05, 0.1) is 6.54 Å². The van der Waals surface area contributed by atoms with Crippen LogP contribution in [0, 0.1) is 0 Å². The predicted octanol–water partition coefficient (Wildman–Crippen LogP) is 1.23. The minimum Gasteiger partial charge on any atom is -0.333 e. The maximum absolute atomic E-state index is 4.40. The molecule has 2 aliphatic rings. The molecule has 1 aromatic heterocycles. The molecule has 0 spiro atoms. The smallest absolute Gasteiger partial charge is 0.122 e. The molecular formula is C13H22N4. The highest BCUT2D eigenvalue weighted by Crippen LogP contribution is 2.14. The van der Waals surface area contributed by atoms with Gasteiger partial charge < -0.3 is 9.88 Å². The van der Waals surface area contributed by atoms with E-state index in [2.05, 4.69) is 26.0 Å². The second-order valence-corrected chi connectivity index (χ2v) is 5.25. The van der Waals surface area contributed by atoms with Crippen molar-refractivity contribution in [2.75, 3.05) is 19.6 Å². The largest absolute Gasteiger partial charge is 0.333 e. The third-order valence-corrected chi connectivity index (χ3v) is 4.01. The number of hydrogen-bond acceptors (Lipinski definition) is 3. The fourth-order valence-corrected chi connectivity index (χ4v) is 2.98. The molecule has 1 atom stereocenters. The Balaban J connectivity index is 1.41. The molecule has 17 heavy (non-hydrogen) atoms. The second-order valence-electron chi connectivity index (χ2n) is 5.25. The molecule has 2 aliphatic heterocycles. The number of imidazole rings is 1. The Morgan fingerprint density at radius 3 is 3.29 bits per heavy atom. The zero-order chi connectivity index (χ0) is 11.5. The van der Waals surface area contributed by atoms with Crippen LogP contribution < -0.4 is 5.32 Å². The van der Waals surface area contributed by atoms with E-state index in [1.807, 2.05) is 6.20 Å². The van der Waals surface area contributed by atoms with Gasteiger partial charge in [0.1, 0.15) is 5.82 Å². The summed E-state index contributed by atoms with van der Waals surface area (Å²) in [5, 5.41) is 3.57. The van der Waals surface area contributed by atoms with E-state index >= 15 is 0 Å². The lowest BCUT2D eigenvalue weighted by Crippen LogP contribution is -2.35. The van der Waals surface area contributed by atoms with Crippen molar-refractivity contribution in [1.82, 2.24) is 19.8 Å². The summed E-state index contributed by atoms with van der Waals surface area (Å²) in [5.74, 6) is 1.23. The highest BCUT2D eigenvalue weighted by atomic mass is 15.2. The second kappa shape index (κ2) is 5.19. The summed E-state index contributed by atoms with van der Waals surface area (Å²) >= 11 is 0. The van der Waals surface area contributed by atoms with Crippen LogP contribution in [-0.2, 0) is 13.1 Å². The lowest BCUT2D eigenvalue weighted by atomic mass is 10.1. The number of aromatic nitrogens is 2. The number of fused-ring (bicyclic) bond motifs is 1. The molecule has 3 heterocycles. The zero-order valence-electron chi connectivity index (χ0n) is 10.4. The van der Waals surface area contributed by atoms with Crippen LogP contribution in [-0.4, -0.2) is 40.1 Å². The van der Waals surface area contributed by atoms with Crippen molar-refractivity contribution in [1.29, 1.82) is 0 Å². The molecule has 0 amide bonds. The molecular weight excluding hydrogens is 212 g/mol. The van der Waals surface area contributed by atoms with Crippen LogP contribution in [0.1, 0.15) is 31.5 Å². The number of nitrogens with zero attached hydrogens (tertiary/aromatic N) is 3. The van der Waals surface area contributed by atoms with Crippen LogP contribution in [0.25, 0.3) is 0 Å². The third kappa shape index (κ3) is 2.69. The Morgan fingerprint density at radius 2 is 2.41 bits per heavy atom. The standard InChI is InChI=1S/C13H22N4/c1-3-12(14-5-1)4-2-7-16-9-10-17-8-6-15-13(17)11-16/h6,8,12,14H,1-5,7,9-11H2. The molecule has 1 aromatic rings. The van der Waals surface area contributed by atoms with Crippen LogP contribution >= 0.6 is 0 Å². The Labute approximate surface area is 103 Å². The van der Waals surface area contributed by atoms with Crippen molar-refractivity contribution in [2.24, 2.45) is 0 Å². The van der Waals surface area contributed by atoms with Crippen LogP contribution in [0.4, 0.5) is 0 Å². The third-order valence-electron chi connectivity index (χ3n) is 4.01. The molecule has 0 aromatic carbocycles. The van der Waals surface area contributed by atoms with Crippen LogP contribution in [0.2, 0.25) is 0 Å². The Kier molecular flexibility index (Phi) is 3.43. The van der Waals surface area contributed by atoms with Gasteiger partial charge in [-0.25, -0.2) is 4.98 Å². The van der Waals surface area contributed by atoms with Gasteiger partial charge in [0, 0.05) is 31.5 Å². The summed E-state index contributed by atoms with van der Waals surface area (Å²) in [6.07, 6.45) is 9.41. The highest BCUT2D eigenvalue weighted by molar-refractivity contribution is 4.95. The van der Waals surface area contributed by atoms with E-state index in [4.69, 9.17) is 0 Å². The van der Waals surface area contributed by atoms with E-state index in [9.17, 15) is 0 Å². The van der Waals surface area contributed by atoms with Gasteiger partial charge in [-0.2, -0.15) is 0 Å². The first-order valence-electron chi connectivity index (χ1n) is 6.87. The van der Waals surface area contributed by atoms with E-state index < -0.39 is 0 Å². The van der Waals surface area contributed by atoms with E-state index in [1.165, 1.54) is 51.1 Å². The fourth-order valence-electron chi connectivity index (χ4n) is 2.98. The molecule has 1 fully saturated rings. The van der Waals surface area contributed by atoms with E-state index in [0.717, 1.165) is 19.1 Å². The maximum Gasteiger partial charge on any atom is 0.122 e. The normalized spacial score (nSPS) is 25.1. The van der Waals surface area contributed by atoms with Crippen molar-refractivity contribution < 1.29 is 0 Å². The molecule has 4 heteroatoms. The van der Waals surface area contributed by atoms with Crippen molar-refractivity contribution >= 4 is 0 Å². The van der Waals surface area contributed by atoms with Gasteiger partial charge in [-0.05, 0) is 38.8 Å². The minimum absolute atomic E-state index is 0.793. The molecule has 4 nitrogen and oxygen atoms in total. The maximum atomic E-state index is 4.40. The van der Waals surface area contributed by atoms with Crippen molar-refractivity contribution in [3.63, 3.8) is 0 Å². The van der Waals surface area contributed by atoms with Gasteiger partial charge in [-0.15, -0.1) is 0 Å². The van der Waals surface area contributed by atoms with Gasteiger partial charge in [0.25, 0.3) is 0 Å². The molecule has 1 saturated heterocycles. The zero-order valence-corrected chi connectivity index (χ0v) is 10.4. The molecule has 1 unspecified atom stereocenters. The summed E-state index contributed by atoms with van der Waals surface area (Å²) in [5.41, 5.74) is 0. The van der Waals surface area contributed by atoms with Crippen LogP contribution in [0.3, 0.4) is 0 Å². The Bertz CT molecular complexity index is 354. The summed E-state index contributed by atoms with van der Waals surface area (Å²) in [7, 11) is 0. The lowest BCUT2D eigenvalue weighted by Gasteiger charge is -2.27. The van der Waals surface area contributed by atoms with Gasteiger partial charge in [-0.1, -0.05) is 0 Å². The molecule has 0 aliphatic carbocycles. The van der Waals surface area contributed by atoms with E-state index in [1.54, 1.807) is 0 Å². The van der Waals surface area contributed by atoms with Gasteiger partial charge in [-0.3, -0.25) is 4.90 Å². The molecule has 1 N–H and O–H groups in total. The average molecular weight is 234 g/mol. The van der Waals surface area contributed by atoms with Crippen molar-refractivity contribution in [2.45, 2.75) is 44.8 Å². The first kappa shape index (κ1) is 11.2. The Morgan fingerprint density at radius 1 is 1.41 bits per heavy atom. The summed E-state index contributed by atoms with van der Waals surface area (Å²) < 4.78 is 2.27. The SMILES string of the molecule is c1cn2c(n1)CN(CCCC1CCCN1)CC2. The van der Waals surface area contributed by atoms with Crippen LogP contribution in [0.5, 0.6) is 0 Å². The molecule has 0 bridgehead atoms. The van der Waals surface area contributed by atoms with Crippen LogP contribution in [0.15, 0.2) is 12.4 Å².